The van der Waals surface area contributed by atoms with Crippen molar-refractivity contribution in [2.75, 3.05) is 21.3 Å². The zero-order valence-electron chi connectivity index (χ0n) is 18.0. The molecule has 4 rings (SSSR count). The summed E-state index contributed by atoms with van der Waals surface area (Å²) in [5.74, 6) is 0.201. The average molecular weight is 449 g/mol. The van der Waals surface area contributed by atoms with Gasteiger partial charge in [-0.25, -0.2) is 14.6 Å². The fourth-order valence-corrected chi connectivity index (χ4v) is 3.12. The average Bonchev–Trinajstić information content (AvgIpc) is 3.50. The lowest BCUT2D eigenvalue weighted by atomic mass is 10.1. The van der Waals surface area contributed by atoms with E-state index in [1.807, 2.05) is 0 Å². The van der Waals surface area contributed by atoms with Crippen molar-refractivity contribution in [3.63, 3.8) is 0 Å². The smallest absolute Gasteiger partial charge is 0.379 e. The number of aliphatic imine (C=N–C) groups is 1. The van der Waals surface area contributed by atoms with Gasteiger partial charge in [-0.2, -0.15) is 0 Å². The lowest BCUT2D eigenvalue weighted by Crippen LogP contribution is -2.08. The molecule has 0 amide bonds. The van der Waals surface area contributed by atoms with Gasteiger partial charge in [0.05, 0.1) is 27.6 Å². The maximum absolute atomic E-state index is 12.5. The number of methoxy groups -OCH3 is 3. The molecule has 0 atom stereocenters. The van der Waals surface area contributed by atoms with Crippen molar-refractivity contribution < 1.29 is 37.7 Å². The van der Waals surface area contributed by atoms with E-state index in [2.05, 4.69) is 4.99 Å². The second-order valence-electron chi connectivity index (χ2n) is 6.65. The number of furan rings is 1. The highest BCUT2D eigenvalue weighted by Gasteiger charge is 2.27. The third kappa shape index (κ3) is 4.42. The number of esters is 2. The predicted molar refractivity (Wildman–Crippen MR) is 117 cm³/mol. The fourth-order valence-electron chi connectivity index (χ4n) is 3.12. The largest absolute Gasteiger partial charge is 0.493 e. The van der Waals surface area contributed by atoms with Gasteiger partial charge in [0.2, 0.25) is 17.4 Å². The molecule has 2 heterocycles. The van der Waals surface area contributed by atoms with Crippen molar-refractivity contribution >= 4 is 23.9 Å². The van der Waals surface area contributed by atoms with Gasteiger partial charge in [0.15, 0.2) is 17.2 Å². The molecule has 3 aromatic rings. The highest BCUT2D eigenvalue weighted by atomic mass is 16.6. The van der Waals surface area contributed by atoms with Crippen LogP contribution >= 0.6 is 0 Å². The molecule has 0 unspecified atom stereocenters. The lowest BCUT2D eigenvalue weighted by Gasteiger charge is -2.13. The van der Waals surface area contributed by atoms with Crippen molar-refractivity contribution in [2.24, 2.45) is 4.99 Å². The topological polar surface area (TPSA) is 106 Å². The number of carbonyl (C=O) groups is 2. The number of hydrogen-bond acceptors (Lipinski definition) is 9. The molecule has 0 spiro atoms. The number of rotatable bonds is 7. The van der Waals surface area contributed by atoms with E-state index in [9.17, 15) is 9.59 Å². The van der Waals surface area contributed by atoms with E-state index in [-0.39, 0.29) is 23.1 Å². The Bertz CT molecular complexity index is 1230. The molecule has 2 aromatic carbocycles. The van der Waals surface area contributed by atoms with E-state index >= 15 is 0 Å². The van der Waals surface area contributed by atoms with E-state index in [1.54, 1.807) is 42.5 Å². The highest BCUT2D eigenvalue weighted by molar-refractivity contribution is 6.13. The highest BCUT2D eigenvalue weighted by Crippen LogP contribution is 2.39. The normalized spacial score (nSPS) is 14.0. The molecule has 0 aliphatic carbocycles. The van der Waals surface area contributed by atoms with E-state index in [1.165, 1.54) is 39.7 Å². The lowest BCUT2D eigenvalue weighted by molar-refractivity contribution is -0.129. The maximum atomic E-state index is 12.5. The van der Waals surface area contributed by atoms with Crippen molar-refractivity contribution in [3.05, 3.63) is 77.4 Å². The number of ether oxygens (including phenoxy) is 5. The van der Waals surface area contributed by atoms with Gasteiger partial charge in [0.25, 0.3) is 0 Å². The molecule has 0 bridgehead atoms. The Balaban J connectivity index is 1.67. The van der Waals surface area contributed by atoms with E-state index < -0.39 is 11.9 Å². The molecule has 0 N–H and O–H groups in total. The minimum atomic E-state index is -0.665. The number of hydrogen-bond donors (Lipinski definition) is 0. The molecule has 0 saturated heterocycles. The summed E-state index contributed by atoms with van der Waals surface area (Å²) in [6, 6.07) is 13.0. The second kappa shape index (κ2) is 9.31. The minimum absolute atomic E-state index is 0.0280. The Morgan fingerprint density at radius 1 is 0.939 bits per heavy atom. The molecule has 1 aromatic heterocycles. The van der Waals surface area contributed by atoms with Crippen LogP contribution in [-0.4, -0.2) is 39.2 Å². The Kier molecular flexibility index (Phi) is 6.12. The first-order valence-corrected chi connectivity index (χ1v) is 9.71. The summed E-state index contributed by atoms with van der Waals surface area (Å²) in [5, 5.41) is 0. The molecule has 0 radical (unpaired) electrons. The Labute approximate surface area is 188 Å². The van der Waals surface area contributed by atoms with Gasteiger partial charge in [-0.3, -0.25) is 0 Å². The molecule has 0 saturated carbocycles. The molecule has 0 fully saturated rings. The van der Waals surface area contributed by atoms with E-state index in [0.717, 1.165) is 0 Å². The van der Waals surface area contributed by atoms with Crippen LogP contribution in [0.15, 0.2) is 69.9 Å². The summed E-state index contributed by atoms with van der Waals surface area (Å²) in [7, 11) is 4.45. The molecule has 1 aliphatic heterocycles. The van der Waals surface area contributed by atoms with Crippen LogP contribution < -0.4 is 18.9 Å². The molecule has 9 nitrogen and oxygen atoms in total. The second-order valence-corrected chi connectivity index (χ2v) is 6.65. The number of cyclic esters (lactones) is 1. The monoisotopic (exact) mass is 449 g/mol. The first kappa shape index (κ1) is 21.7. The summed E-state index contributed by atoms with van der Waals surface area (Å²) in [6.45, 7) is 0. The summed E-state index contributed by atoms with van der Waals surface area (Å²) in [6.07, 6.45) is 2.84. The first-order chi connectivity index (χ1) is 16.0. The predicted octanol–water partition coefficient (Wildman–Crippen LogP) is 3.87. The maximum Gasteiger partial charge on any atom is 0.379 e. The quantitative estimate of drug-likeness (QED) is 0.304. The minimum Gasteiger partial charge on any atom is -0.493 e. The standard InChI is InChI=1S/C24H19NO8/c1-28-19-12-15(13-20(29-2)21(19)30-3)22-25-16(23(26)33-22)11-14-7-4-5-8-17(14)32-24(27)18-9-6-10-31-18/h4-13H,1-3H3/b16-11+. The van der Waals surface area contributed by atoms with Crippen molar-refractivity contribution in [1.82, 2.24) is 0 Å². The molecular formula is C24H19NO8. The third-order valence-corrected chi connectivity index (χ3v) is 4.67. The fraction of sp³-hybridized carbons (Fsp3) is 0.125. The number of para-hydroxylation sites is 1. The van der Waals surface area contributed by atoms with Crippen molar-refractivity contribution in [2.45, 2.75) is 0 Å². The van der Waals surface area contributed by atoms with Crippen LogP contribution in [-0.2, 0) is 9.53 Å². The van der Waals surface area contributed by atoms with Gasteiger partial charge in [-0.05, 0) is 36.4 Å². The van der Waals surface area contributed by atoms with Gasteiger partial charge in [-0.15, -0.1) is 0 Å². The van der Waals surface area contributed by atoms with Crippen LogP contribution in [0.2, 0.25) is 0 Å². The molecular weight excluding hydrogens is 430 g/mol. The number of carbonyl (C=O) groups excluding carboxylic acids is 2. The zero-order valence-corrected chi connectivity index (χ0v) is 18.0. The van der Waals surface area contributed by atoms with Crippen LogP contribution in [0.1, 0.15) is 21.7 Å². The Hall–Kier alpha value is -4.53. The molecule has 33 heavy (non-hydrogen) atoms. The Morgan fingerprint density at radius 3 is 2.30 bits per heavy atom. The third-order valence-electron chi connectivity index (χ3n) is 4.67. The van der Waals surface area contributed by atoms with Crippen LogP contribution in [0.5, 0.6) is 23.0 Å². The summed E-state index contributed by atoms with van der Waals surface area (Å²) >= 11 is 0. The van der Waals surface area contributed by atoms with Crippen molar-refractivity contribution in [3.8, 4) is 23.0 Å². The van der Waals surface area contributed by atoms with Crippen LogP contribution in [0.4, 0.5) is 0 Å². The van der Waals surface area contributed by atoms with E-state index in [0.29, 0.717) is 28.4 Å². The molecule has 168 valence electrons. The zero-order chi connectivity index (χ0) is 23.4. The van der Waals surface area contributed by atoms with Crippen LogP contribution in [0, 0.1) is 0 Å². The van der Waals surface area contributed by atoms with Crippen LogP contribution in [0.25, 0.3) is 6.08 Å². The summed E-state index contributed by atoms with van der Waals surface area (Å²) in [5.41, 5.74) is 0.943. The van der Waals surface area contributed by atoms with Gasteiger partial charge >= 0.3 is 11.9 Å². The van der Waals surface area contributed by atoms with Crippen molar-refractivity contribution in [1.29, 1.82) is 0 Å². The number of nitrogens with zero attached hydrogens (tertiary/aromatic N) is 1. The van der Waals surface area contributed by atoms with Gasteiger partial charge in [-0.1, -0.05) is 18.2 Å². The Morgan fingerprint density at radius 2 is 1.67 bits per heavy atom. The van der Waals surface area contributed by atoms with Crippen LogP contribution in [0.3, 0.4) is 0 Å². The molecule has 1 aliphatic rings. The molecule has 9 heteroatoms. The van der Waals surface area contributed by atoms with Gasteiger partial charge in [0, 0.05) is 11.1 Å². The van der Waals surface area contributed by atoms with E-state index in [4.69, 9.17) is 28.1 Å². The van der Waals surface area contributed by atoms with Gasteiger partial charge < -0.3 is 28.1 Å². The number of benzene rings is 2. The summed E-state index contributed by atoms with van der Waals surface area (Å²) < 4.78 is 31.8. The van der Waals surface area contributed by atoms with Gasteiger partial charge in [0.1, 0.15) is 5.75 Å². The first-order valence-electron chi connectivity index (χ1n) is 9.71. The summed E-state index contributed by atoms with van der Waals surface area (Å²) in [4.78, 5) is 29.1. The SMILES string of the molecule is COc1cc(C2=N/C(=C/c3ccccc3OC(=O)c3ccco3)C(=O)O2)cc(OC)c1OC.